The second kappa shape index (κ2) is 7.56. The Morgan fingerprint density at radius 3 is 2.10 bits per heavy atom. The zero-order chi connectivity index (χ0) is 20.4. The van der Waals surface area contributed by atoms with Gasteiger partial charge < -0.3 is 4.74 Å². The lowest BCUT2D eigenvalue weighted by molar-refractivity contribution is 0.100. The minimum Gasteiger partial charge on any atom is -0.494 e. The van der Waals surface area contributed by atoms with Crippen LogP contribution in [0.4, 0.5) is 0 Å². The lowest BCUT2D eigenvalue weighted by Gasteiger charge is -2.32. The number of methoxy groups -OCH3 is 1. The molecule has 0 amide bonds. The topological polar surface area (TPSA) is 63.7 Å². The third-order valence-electron chi connectivity index (χ3n) is 4.79. The highest BCUT2D eigenvalue weighted by Crippen LogP contribution is 2.39. The molecule has 0 spiro atoms. The van der Waals surface area contributed by atoms with E-state index in [-0.39, 0.29) is 22.9 Å². The first-order chi connectivity index (χ1) is 14.0. The smallest absolute Gasteiger partial charge is 0.265 e. The van der Waals surface area contributed by atoms with Crippen LogP contribution < -0.4 is 0 Å². The van der Waals surface area contributed by atoms with Gasteiger partial charge in [-0.2, -0.15) is 0 Å². The van der Waals surface area contributed by atoms with Crippen molar-refractivity contribution in [1.29, 1.82) is 0 Å². The van der Waals surface area contributed by atoms with E-state index in [9.17, 15) is 13.2 Å². The van der Waals surface area contributed by atoms with E-state index in [1.165, 1.54) is 13.2 Å². The molecule has 1 aliphatic heterocycles. The van der Waals surface area contributed by atoms with Gasteiger partial charge in [-0.15, -0.1) is 0 Å². The summed E-state index contributed by atoms with van der Waals surface area (Å²) in [4.78, 5) is 13.5. The summed E-state index contributed by atoms with van der Waals surface area (Å²) >= 11 is 0. The van der Waals surface area contributed by atoms with Crippen LogP contribution in [-0.4, -0.2) is 25.6 Å². The summed E-state index contributed by atoms with van der Waals surface area (Å²) in [5.74, 6) is -0.156. The van der Waals surface area contributed by atoms with E-state index in [1.54, 1.807) is 48.5 Å². The van der Waals surface area contributed by atoms with E-state index in [0.29, 0.717) is 11.1 Å². The maximum Gasteiger partial charge on any atom is 0.265 e. The standard InChI is InChI=1S/C23H19NO4S/c1-28-23-19-14-8-9-15-20(19)29(26,27)24(16-17-10-4-2-5-11-17)21(23)22(25)18-12-6-3-7-13-18/h2-15H,16H2,1H3. The highest BCUT2D eigenvalue weighted by Gasteiger charge is 2.40. The number of carbonyl (C=O) groups is 1. The molecule has 29 heavy (non-hydrogen) atoms. The first-order valence-electron chi connectivity index (χ1n) is 9.08. The van der Waals surface area contributed by atoms with Gasteiger partial charge in [0.25, 0.3) is 10.0 Å². The largest absolute Gasteiger partial charge is 0.494 e. The van der Waals surface area contributed by atoms with Crippen LogP contribution in [0.25, 0.3) is 5.76 Å². The lowest BCUT2D eigenvalue weighted by Crippen LogP contribution is -2.38. The van der Waals surface area contributed by atoms with Crippen molar-refractivity contribution in [1.82, 2.24) is 4.31 Å². The number of allylic oxidation sites excluding steroid dienone is 1. The minimum atomic E-state index is -3.95. The number of fused-ring (bicyclic) bond motifs is 1. The van der Waals surface area contributed by atoms with Gasteiger partial charge in [0.05, 0.1) is 18.6 Å². The molecule has 1 aliphatic rings. The van der Waals surface area contributed by atoms with Crippen molar-refractivity contribution >= 4 is 21.6 Å². The van der Waals surface area contributed by atoms with Crippen molar-refractivity contribution in [3.63, 3.8) is 0 Å². The molecule has 0 aromatic heterocycles. The summed E-state index contributed by atoms with van der Waals surface area (Å²) in [6.07, 6.45) is 0. The number of Topliss-reactive ketones (excluding diaryl/α,β-unsaturated/α-hetero) is 1. The molecule has 4 rings (SSSR count). The molecule has 0 aliphatic carbocycles. The average Bonchev–Trinajstić information content (AvgIpc) is 2.76. The van der Waals surface area contributed by atoms with Crippen molar-refractivity contribution < 1.29 is 17.9 Å². The van der Waals surface area contributed by atoms with Gasteiger partial charge in [0, 0.05) is 11.1 Å². The molecule has 0 N–H and O–H groups in total. The van der Waals surface area contributed by atoms with Gasteiger partial charge in [0.15, 0.2) is 5.76 Å². The summed E-state index contributed by atoms with van der Waals surface area (Å²) in [6, 6.07) is 24.4. The molecule has 0 atom stereocenters. The van der Waals surface area contributed by atoms with E-state index in [2.05, 4.69) is 0 Å². The van der Waals surface area contributed by atoms with Crippen LogP contribution in [0.1, 0.15) is 21.5 Å². The Kier molecular flexibility index (Phi) is 4.94. The van der Waals surface area contributed by atoms with Crippen molar-refractivity contribution in [2.75, 3.05) is 7.11 Å². The number of nitrogens with zero attached hydrogens (tertiary/aromatic N) is 1. The lowest BCUT2D eigenvalue weighted by atomic mass is 10.0. The highest BCUT2D eigenvalue weighted by atomic mass is 32.2. The first-order valence-corrected chi connectivity index (χ1v) is 10.5. The molecular formula is C23H19NO4S. The van der Waals surface area contributed by atoms with Crippen LogP contribution in [0, 0.1) is 0 Å². The molecule has 0 saturated heterocycles. The van der Waals surface area contributed by atoms with E-state index in [4.69, 9.17) is 4.74 Å². The van der Waals surface area contributed by atoms with Crippen molar-refractivity contribution in [3.8, 4) is 0 Å². The Balaban J connectivity index is 1.97. The highest BCUT2D eigenvalue weighted by molar-refractivity contribution is 7.89. The number of rotatable bonds is 5. The zero-order valence-corrected chi connectivity index (χ0v) is 16.6. The minimum absolute atomic E-state index is 0.0150. The predicted octanol–water partition coefficient (Wildman–Crippen LogP) is 4.09. The molecule has 1 heterocycles. The molecule has 5 nitrogen and oxygen atoms in total. The average molecular weight is 405 g/mol. The van der Waals surface area contributed by atoms with E-state index < -0.39 is 15.8 Å². The maximum atomic E-state index is 13.5. The Hall–Kier alpha value is -3.38. The van der Waals surface area contributed by atoms with Crippen LogP contribution in [0.3, 0.4) is 0 Å². The van der Waals surface area contributed by atoms with Gasteiger partial charge in [0.2, 0.25) is 5.78 Å². The Morgan fingerprint density at radius 2 is 1.45 bits per heavy atom. The number of carbonyl (C=O) groups excluding carboxylic acids is 1. The molecule has 3 aromatic carbocycles. The SMILES string of the molecule is COC1=C(C(=O)c2ccccc2)N(Cc2ccccc2)S(=O)(=O)c2ccccc21. The molecule has 0 radical (unpaired) electrons. The van der Waals surface area contributed by atoms with Gasteiger partial charge >= 0.3 is 0 Å². The van der Waals surface area contributed by atoms with Crippen LogP contribution in [0.15, 0.2) is 95.5 Å². The number of hydrogen-bond acceptors (Lipinski definition) is 4. The van der Waals surface area contributed by atoms with E-state index >= 15 is 0 Å². The van der Waals surface area contributed by atoms with Crippen molar-refractivity contribution in [3.05, 3.63) is 107 Å². The summed E-state index contributed by atoms with van der Waals surface area (Å²) in [6.45, 7) is 0.0261. The molecule has 3 aromatic rings. The Bertz CT molecular complexity index is 1190. The van der Waals surface area contributed by atoms with Crippen LogP contribution in [0.2, 0.25) is 0 Å². The van der Waals surface area contributed by atoms with Gasteiger partial charge in [-0.3, -0.25) is 9.10 Å². The summed E-state index contributed by atoms with van der Waals surface area (Å²) < 4.78 is 33.7. The van der Waals surface area contributed by atoms with Crippen LogP contribution >= 0.6 is 0 Å². The number of hydrogen-bond donors (Lipinski definition) is 0. The van der Waals surface area contributed by atoms with Gasteiger partial charge in [-0.25, -0.2) is 8.42 Å². The van der Waals surface area contributed by atoms with Gasteiger partial charge in [-0.1, -0.05) is 72.8 Å². The monoisotopic (exact) mass is 405 g/mol. The first kappa shape index (κ1) is 19.0. The fraction of sp³-hybridized carbons (Fsp3) is 0.0870. The molecule has 0 fully saturated rings. The Labute approximate surface area is 169 Å². The summed E-state index contributed by atoms with van der Waals surface area (Å²) in [5, 5.41) is 0. The maximum absolute atomic E-state index is 13.5. The fourth-order valence-electron chi connectivity index (χ4n) is 3.42. The molecule has 0 bridgehead atoms. The third-order valence-corrected chi connectivity index (χ3v) is 6.59. The Morgan fingerprint density at radius 1 is 0.862 bits per heavy atom. The quantitative estimate of drug-likeness (QED) is 0.600. The number of sulfonamides is 1. The van der Waals surface area contributed by atoms with Gasteiger partial charge in [-0.05, 0) is 17.7 Å². The van der Waals surface area contributed by atoms with Crippen molar-refractivity contribution in [2.45, 2.75) is 11.4 Å². The molecule has 6 heteroatoms. The molecule has 0 saturated carbocycles. The number of ether oxygens (including phenoxy) is 1. The molecular weight excluding hydrogens is 386 g/mol. The normalized spacial score (nSPS) is 15.0. The van der Waals surface area contributed by atoms with Crippen molar-refractivity contribution in [2.24, 2.45) is 0 Å². The fourth-order valence-corrected chi connectivity index (χ4v) is 5.07. The second-order valence-electron chi connectivity index (χ2n) is 6.57. The number of benzene rings is 3. The second-order valence-corrected chi connectivity index (χ2v) is 8.40. The molecule has 146 valence electrons. The summed E-state index contributed by atoms with van der Waals surface area (Å²) in [5.41, 5.74) is 1.56. The van der Waals surface area contributed by atoms with E-state index in [0.717, 1.165) is 9.87 Å². The van der Waals surface area contributed by atoms with E-state index in [1.807, 2.05) is 30.3 Å². The predicted molar refractivity (Wildman–Crippen MR) is 110 cm³/mol. The third kappa shape index (κ3) is 3.32. The van der Waals surface area contributed by atoms with Crippen LogP contribution in [0.5, 0.6) is 0 Å². The molecule has 0 unspecified atom stereocenters. The summed E-state index contributed by atoms with van der Waals surface area (Å²) in [7, 11) is -2.50. The number of ketones is 1. The van der Waals surface area contributed by atoms with Gasteiger partial charge in [0.1, 0.15) is 5.70 Å². The zero-order valence-electron chi connectivity index (χ0n) is 15.8. The van der Waals surface area contributed by atoms with Crippen LogP contribution in [-0.2, 0) is 21.3 Å².